The fourth-order valence-electron chi connectivity index (χ4n) is 2.30. The number of ether oxygens (including phenoxy) is 1. The Labute approximate surface area is 101 Å². The molecule has 0 spiro atoms. The van der Waals surface area contributed by atoms with Gasteiger partial charge in [0.1, 0.15) is 6.10 Å². The summed E-state index contributed by atoms with van der Waals surface area (Å²) < 4.78 is 5.37. The summed E-state index contributed by atoms with van der Waals surface area (Å²) in [4.78, 5) is 11.0. The van der Waals surface area contributed by atoms with Crippen molar-refractivity contribution in [3.05, 3.63) is 0 Å². The molecule has 2 unspecified atom stereocenters. The summed E-state index contributed by atoms with van der Waals surface area (Å²) >= 11 is 0. The second-order valence-corrected chi connectivity index (χ2v) is 5.83. The second kappa shape index (κ2) is 7.70. The minimum absolute atomic E-state index is 0.103. The van der Waals surface area contributed by atoms with E-state index >= 15 is 0 Å². The lowest BCUT2D eigenvalue weighted by atomic mass is 9.91. The van der Waals surface area contributed by atoms with E-state index in [4.69, 9.17) is 4.74 Å². The molecule has 0 heterocycles. The van der Waals surface area contributed by atoms with E-state index in [-0.39, 0.29) is 12.1 Å². The van der Waals surface area contributed by atoms with Crippen LogP contribution < -0.4 is 0 Å². The first kappa shape index (κ1) is 15.5. The number of rotatable bonds is 7. The van der Waals surface area contributed by atoms with E-state index in [1.807, 2.05) is 0 Å². The van der Waals surface area contributed by atoms with Gasteiger partial charge < -0.3 is 4.74 Å². The Morgan fingerprint density at radius 3 is 1.81 bits per heavy atom. The highest BCUT2D eigenvalue weighted by Crippen LogP contribution is 2.21. The molecule has 16 heavy (non-hydrogen) atoms. The third kappa shape index (κ3) is 8.75. The van der Waals surface area contributed by atoms with Crippen molar-refractivity contribution in [2.75, 3.05) is 0 Å². The van der Waals surface area contributed by atoms with Crippen LogP contribution in [0.15, 0.2) is 0 Å². The molecule has 0 saturated heterocycles. The Morgan fingerprint density at radius 1 is 0.938 bits per heavy atom. The Bertz CT molecular complexity index is 197. The van der Waals surface area contributed by atoms with Gasteiger partial charge in [0.05, 0.1) is 0 Å². The van der Waals surface area contributed by atoms with Crippen molar-refractivity contribution in [2.45, 2.75) is 66.9 Å². The van der Waals surface area contributed by atoms with Crippen LogP contribution >= 0.6 is 0 Å². The molecule has 0 rings (SSSR count). The molecule has 0 aromatic heterocycles. The summed E-state index contributed by atoms with van der Waals surface area (Å²) in [6, 6.07) is 0. The van der Waals surface area contributed by atoms with E-state index in [0.29, 0.717) is 17.8 Å². The van der Waals surface area contributed by atoms with Crippen LogP contribution in [0.1, 0.15) is 60.8 Å². The van der Waals surface area contributed by atoms with Gasteiger partial charge in [-0.25, -0.2) is 0 Å². The lowest BCUT2D eigenvalue weighted by Crippen LogP contribution is -2.21. The van der Waals surface area contributed by atoms with Crippen molar-refractivity contribution in [2.24, 2.45) is 17.8 Å². The molecule has 0 aliphatic carbocycles. The third-order valence-electron chi connectivity index (χ3n) is 2.61. The lowest BCUT2D eigenvalue weighted by molar-refractivity contribution is -0.147. The first-order chi connectivity index (χ1) is 7.31. The fraction of sp³-hybridized carbons (Fsp3) is 0.929. The summed E-state index contributed by atoms with van der Waals surface area (Å²) in [5.41, 5.74) is 0. The van der Waals surface area contributed by atoms with Crippen molar-refractivity contribution in [3.63, 3.8) is 0 Å². The number of esters is 1. The molecule has 0 aliphatic heterocycles. The number of carbonyl (C=O) groups excluding carboxylic acids is 1. The SMILES string of the molecule is CC(=O)OC(CC(C)C)CC(C)CC(C)C. The van der Waals surface area contributed by atoms with Gasteiger partial charge in [-0.3, -0.25) is 4.79 Å². The van der Waals surface area contributed by atoms with Crippen LogP contribution in [-0.4, -0.2) is 12.1 Å². The van der Waals surface area contributed by atoms with Gasteiger partial charge in [-0.1, -0.05) is 34.6 Å². The van der Waals surface area contributed by atoms with Crippen molar-refractivity contribution in [1.29, 1.82) is 0 Å². The van der Waals surface area contributed by atoms with E-state index in [1.165, 1.54) is 13.3 Å². The monoisotopic (exact) mass is 228 g/mol. The van der Waals surface area contributed by atoms with Gasteiger partial charge in [-0.05, 0) is 37.0 Å². The molecule has 96 valence electrons. The summed E-state index contributed by atoms with van der Waals surface area (Å²) in [5, 5.41) is 0. The number of carbonyl (C=O) groups is 1. The predicted octanol–water partition coefficient (Wildman–Crippen LogP) is 4.04. The van der Waals surface area contributed by atoms with Crippen LogP contribution in [-0.2, 0) is 9.53 Å². The van der Waals surface area contributed by atoms with E-state index in [9.17, 15) is 4.79 Å². The van der Waals surface area contributed by atoms with Gasteiger partial charge in [0.25, 0.3) is 0 Å². The van der Waals surface area contributed by atoms with Crippen molar-refractivity contribution < 1.29 is 9.53 Å². The van der Waals surface area contributed by atoms with Gasteiger partial charge in [0, 0.05) is 6.92 Å². The van der Waals surface area contributed by atoms with Gasteiger partial charge in [-0.15, -0.1) is 0 Å². The van der Waals surface area contributed by atoms with Crippen LogP contribution in [0.4, 0.5) is 0 Å². The molecule has 0 saturated carbocycles. The predicted molar refractivity (Wildman–Crippen MR) is 68.2 cm³/mol. The highest BCUT2D eigenvalue weighted by molar-refractivity contribution is 5.66. The van der Waals surface area contributed by atoms with Crippen LogP contribution in [0.2, 0.25) is 0 Å². The number of hydrogen-bond donors (Lipinski definition) is 0. The zero-order chi connectivity index (χ0) is 12.7. The largest absolute Gasteiger partial charge is 0.463 e. The average molecular weight is 228 g/mol. The fourth-order valence-corrected chi connectivity index (χ4v) is 2.30. The molecular weight excluding hydrogens is 200 g/mol. The van der Waals surface area contributed by atoms with Crippen LogP contribution in [0.3, 0.4) is 0 Å². The normalized spacial score (nSPS) is 15.2. The van der Waals surface area contributed by atoms with Gasteiger partial charge in [0.15, 0.2) is 0 Å². The third-order valence-corrected chi connectivity index (χ3v) is 2.61. The Balaban J connectivity index is 4.13. The van der Waals surface area contributed by atoms with E-state index in [2.05, 4.69) is 34.6 Å². The maximum Gasteiger partial charge on any atom is 0.302 e. The summed E-state index contributed by atoms with van der Waals surface area (Å²) in [6.07, 6.45) is 3.28. The van der Waals surface area contributed by atoms with Crippen LogP contribution in [0, 0.1) is 17.8 Å². The van der Waals surface area contributed by atoms with Crippen LogP contribution in [0.5, 0.6) is 0 Å². The highest BCUT2D eigenvalue weighted by Gasteiger charge is 2.18. The van der Waals surface area contributed by atoms with E-state index in [0.717, 1.165) is 12.8 Å². The topological polar surface area (TPSA) is 26.3 Å². The first-order valence-corrected chi connectivity index (χ1v) is 6.48. The molecule has 0 N–H and O–H groups in total. The Kier molecular flexibility index (Phi) is 7.44. The van der Waals surface area contributed by atoms with Crippen molar-refractivity contribution in [1.82, 2.24) is 0 Å². The zero-order valence-electron chi connectivity index (χ0n) is 11.7. The van der Waals surface area contributed by atoms with E-state index in [1.54, 1.807) is 0 Å². The van der Waals surface area contributed by atoms with Gasteiger partial charge >= 0.3 is 5.97 Å². The lowest BCUT2D eigenvalue weighted by Gasteiger charge is -2.23. The minimum Gasteiger partial charge on any atom is -0.463 e. The van der Waals surface area contributed by atoms with Gasteiger partial charge in [-0.2, -0.15) is 0 Å². The molecule has 0 aromatic rings. The highest BCUT2D eigenvalue weighted by atomic mass is 16.5. The molecule has 2 nitrogen and oxygen atoms in total. The molecule has 0 amide bonds. The maximum atomic E-state index is 11.0. The molecular formula is C14H28O2. The van der Waals surface area contributed by atoms with E-state index < -0.39 is 0 Å². The molecule has 2 heteroatoms. The standard InChI is InChI=1S/C14H28O2/c1-10(2)7-12(5)9-14(8-11(3)4)16-13(6)15/h10-12,14H,7-9H2,1-6H3. The summed E-state index contributed by atoms with van der Waals surface area (Å²) in [7, 11) is 0. The molecule has 0 bridgehead atoms. The van der Waals surface area contributed by atoms with Crippen molar-refractivity contribution in [3.8, 4) is 0 Å². The average Bonchev–Trinajstić information content (AvgIpc) is 1.97. The number of hydrogen-bond acceptors (Lipinski definition) is 2. The molecule has 0 aromatic carbocycles. The minimum atomic E-state index is -0.151. The summed E-state index contributed by atoms with van der Waals surface area (Å²) in [5.74, 6) is 1.77. The smallest absolute Gasteiger partial charge is 0.302 e. The zero-order valence-corrected chi connectivity index (χ0v) is 11.7. The van der Waals surface area contributed by atoms with Crippen molar-refractivity contribution >= 4 is 5.97 Å². The molecule has 0 radical (unpaired) electrons. The molecule has 2 atom stereocenters. The second-order valence-electron chi connectivity index (χ2n) is 5.83. The molecule has 0 aliphatic rings. The van der Waals surface area contributed by atoms with Gasteiger partial charge in [0.2, 0.25) is 0 Å². The maximum absolute atomic E-state index is 11.0. The quantitative estimate of drug-likeness (QED) is 0.615. The Morgan fingerprint density at radius 2 is 1.44 bits per heavy atom. The molecule has 0 fully saturated rings. The summed E-state index contributed by atoms with van der Waals surface area (Å²) in [6.45, 7) is 12.6. The van der Waals surface area contributed by atoms with Crippen LogP contribution in [0.25, 0.3) is 0 Å². The first-order valence-electron chi connectivity index (χ1n) is 6.48. The Hall–Kier alpha value is -0.530.